The first kappa shape index (κ1) is 13.5. The normalized spacial score (nSPS) is 16.6. The summed E-state index contributed by atoms with van der Waals surface area (Å²) in [5.41, 5.74) is 0. The van der Waals surface area contributed by atoms with Gasteiger partial charge in [0.1, 0.15) is 0 Å². The van der Waals surface area contributed by atoms with Crippen LogP contribution >= 0.6 is 0 Å². The minimum Gasteiger partial charge on any atom is -0.342 e. The second kappa shape index (κ2) is 6.24. The molecule has 1 amide bonds. The van der Waals surface area contributed by atoms with E-state index < -0.39 is 0 Å². The molecule has 1 heterocycles. The van der Waals surface area contributed by atoms with Gasteiger partial charge >= 0.3 is 0 Å². The van der Waals surface area contributed by atoms with Gasteiger partial charge in [-0.25, -0.2) is 0 Å². The SMILES string of the molecule is CC(C)CN(CC(C)C)C(=O)CC1CNC1. The van der Waals surface area contributed by atoms with E-state index in [0.717, 1.165) is 32.6 Å². The number of hydrogen-bond donors (Lipinski definition) is 1. The van der Waals surface area contributed by atoms with Gasteiger partial charge in [-0.2, -0.15) is 0 Å². The van der Waals surface area contributed by atoms with E-state index in [4.69, 9.17) is 0 Å². The first-order valence-corrected chi connectivity index (χ1v) is 6.47. The monoisotopic (exact) mass is 226 g/mol. The van der Waals surface area contributed by atoms with Crippen LogP contribution in [0.3, 0.4) is 0 Å². The predicted octanol–water partition coefficient (Wildman–Crippen LogP) is 1.74. The van der Waals surface area contributed by atoms with Crippen LogP contribution in [-0.2, 0) is 4.79 Å². The molecule has 0 atom stereocenters. The molecular formula is C13H26N2O. The highest BCUT2D eigenvalue weighted by atomic mass is 16.2. The van der Waals surface area contributed by atoms with Gasteiger partial charge in [-0.1, -0.05) is 27.7 Å². The van der Waals surface area contributed by atoms with Gasteiger partial charge in [0.05, 0.1) is 0 Å². The highest BCUT2D eigenvalue weighted by Crippen LogP contribution is 2.13. The molecule has 0 saturated carbocycles. The molecule has 0 bridgehead atoms. The molecule has 94 valence electrons. The number of hydrogen-bond acceptors (Lipinski definition) is 2. The van der Waals surface area contributed by atoms with E-state index in [9.17, 15) is 4.79 Å². The van der Waals surface area contributed by atoms with Gasteiger partial charge in [0, 0.05) is 19.5 Å². The van der Waals surface area contributed by atoms with Crippen molar-refractivity contribution in [3.63, 3.8) is 0 Å². The summed E-state index contributed by atoms with van der Waals surface area (Å²) in [7, 11) is 0. The van der Waals surface area contributed by atoms with Gasteiger partial charge in [0.25, 0.3) is 0 Å². The van der Waals surface area contributed by atoms with E-state index in [1.54, 1.807) is 0 Å². The number of carbonyl (C=O) groups excluding carboxylic acids is 1. The lowest BCUT2D eigenvalue weighted by Gasteiger charge is -2.31. The van der Waals surface area contributed by atoms with Crippen LogP contribution in [0.25, 0.3) is 0 Å². The summed E-state index contributed by atoms with van der Waals surface area (Å²) >= 11 is 0. The molecule has 1 N–H and O–H groups in total. The summed E-state index contributed by atoms with van der Waals surface area (Å²) < 4.78 is 0. The number of nitrogens with one attached hydrogen (secondary N) is 1. The van der Waals surface area contributed by atoms with Crippen molar-refractivity contribution in [2.24, 2.45) is 17.8 Å². The molecule has 3 heteroatoms. The molecule has 0 aromatic carbocycles. The van der Waals surface area contributed by atoms with Gasteiger partial charge in [-0.3, -0.25) is 4.79 Å². The van der Waals surface area contributed by atoms with Crippen molar-refractivity contribution < 1.29 is 4.79 Å². The summed E-state index contributed by atoms with van der Waals surface area (Å²) in [5.74, 6) is 2.03. The van der Waals surface area contributed by atoms with E-state index in [-0.39, 0.29) is 0 Å². The quantitative estimate of drug-likeness (QED) is 0.748. The Morgan fingerprint density at radius 2 is 1.69 bits per heavy atom. The lowest BCUT2D eigenvalue weighted by Crippen LogP contribution is -2.46. The number of nitrogens with zero attached hydrogens (tertiary/aromatic N) is 1. The second-order valence-corrected chi connectivity index (χ2v) is 5.81. The van der Waals surface area contributed by atoms with Crippen molar-refractivity contribution in [3.8, 4) is 0 Å². The third kappa shape index (κ3) is 4.52. The van der Waals surface area contributed by atoms with Crippen LogP contribution in [0.4, 0.5) is 0 Å². The zero-order chi connectivity index (χ0) is 12.1. The van der Waals surface area contributed by atoms with Crippen molar-refractivity contribution in [2.75, 3.05) is 26.2 Å². The first-order chi connectivity index (χ1) is 7.49. The fraction of sp³-hybridized carbons (Fsp3) is 0.923. The molecule has 1 fully saturated rings. The third-order valence-electron chi connectivity index (χ3n) is 2.85. The second-order valence-electron chi connectivity index (χ2n) is 5.81. The molecule has 1 saturated heterocycles. The molecule has 0 aromatic heterocycles. The highest BCUT2D eigenvalue weighted by molar-refractivity contribution is 5.76. The van der Waals surface area contributed by atoms with Crippen LogP contribution in [0, 0.1) is 17.8 Å². The summed E-state index contributed by atoms with van der Waals surface area (Å²) in [6.45, 7) is 12.5. The van der Waals surface area contributed by atoms with Gasteiger partial charge in [-0.15, -0.1) is 0 Å². The molecule has 0 spiro atoms. The summed E-state index contributed by atoms with van der Waals surface area (Å²) in [6.07, 6.45) is 0.729. The zero-order valence-corrected chi connectivity index (χ0v) is 11.1. The Bertz CT molecular complexity index is 212. The topological polar surface area (TPSA) is 32.3 Å². The maximum Gasteiger partial charge on any atom is 0.222 e. The molecule has 16 heavy (non-hydrogen) atoms. The Morgan fingerprint density at radius 3 is 2.00 bits per heavy atom. The fourth-order valence-corrected chi connectivity index (χ4v) is 2.03. The average molecular weight is 226 g/mol. The number of amides is 1. The van der Waals surface area contributed by atoms with E-state index in [1.807, 2.05) is 4.90 Å². The predicted molar refractivity (Wildman–Crippen MR) is 67.2 cm³/mol. The Hall–Kier alpha value is -0.570. The molecule has 0 aliphatic carbocycles. The molecule has 0 aromatic rings. The van der Waals surface area contributed by atoms with Crippen molar-refractivity contribution in [2.45, 2.75) is 34.1 Å². The summed E-state index contributed by atoms with van der Waals surface area (Å²) in [5, 5.41) is 3.22. The van der Waals surface area contributed by atoms with Crippen LogP contribution in [-0.4, -0.2) is 37.0 Å². The summed E-state index contributed by atoms with van der Waals surface area (Å²) in [4.78, 5) is 14.2. The van der Waals surface area contributed by atoms with Gasteiger partial charge in [0.15, 0.2) is 0 Å². The van der Waals surface area contributed by atoms with Gasteiger partial charge in [-0.05, 0) is 30.8 Å². The Labute approximate surface area is 99.6 Å². The Morgan fingerprint density at radius 1 is 1.19 bits per heavy atom. The van der Waals surface area contributed by atoms with Crippen molar-refractivity contribution >= 4 is 5.91 Å². The first-order valence-electron chi connectivity index (χ1n) is 6.47. The maximum atomic E-state index is 12.1. The van der Waals surface area contributed by atoms with Crippen LogP contribution < -0.4 is 5.32 Å². The smallest absolute Gasteiger partial charge is 0.222 e. The fourth-order valence-electron chi connectivity index (χ4n) is 2.03. The molecular weight excluding hydrogens is 200 g/mol. The van der Waals surface area contributed by atoms with E-state index in [2.05, 4.69) is 33.0 Å². The maximum absolute atomic E-state index is 12.1. The van der Waals surface area contributed by atoms with Crippen LogP contribution in [0.2, 0.25) is 0 Å². The van der Waals surface area contributed by atoms with E-state index >= 15 is 0 Å². The largest absolute Gasteiger partial charge is 0.342 e. The molecule has 1 aliphatic rings. The highest BCUT2D eigenvalue weighted by Gasteiger charge is 2.24. The minimum absolute atomic E-state index is 0.342. The van der Waals surface area contributed by atoms with E-state index in [1.165, 1.54) is 0 Å². The average Bonchev–Trinajstić information content (AvgIpc) is 2.08. The van der Waals surface area contributed by atoms with Crippen LogP contribution in [0.1, 0.15) is 34.1 Å². The number of carbonyl (C=O) groups is 1. The Kier molecular flexibility index (Phi) is 5.26. The van der Waals surface area contributed by atoms with Crippen molar-refractivity contribution in [1.29, 1.82) is 0 Å². The summed E-state index contributed by atoms with van der Waals surface area (Å²) in [6, 6.07) is 0. The Balaban J connectivity index is 2.41. The van der Waals surface area contributed by atoms with E-state index in [0.29, 0.717) is 23.7 Å². The lowest BCUT2D eigenvalue weighted by molar-refractivity contribution is -0.133. The third-order valence-corrected chi connectivity index (χ3v) is 2.85. The van der Waals surface area contributed by atoms with Gasteiger partial charge < -0.3 is 10.2 Å². The zero-order valence-electron chi connectivity index (χ0n) is 11.1. The van der Waals surface area contributed by atoms with Crippen LogP contribution in [0.5, 0.6) is 0 Å². The molecule has 0 unspecified atom stereocenters. The molecule has 1 aliphatic heterocycles. The molecule has 3 nitrogen and oxygen atoms in total. The molecule has 1 rings (SSSR count). The van der Waals surface area contributed by atoms with Gasteiger partial charge in [0.2, 0.25) is 5.91 Å². The lowest BCUT2D eigenvalue weighted by atomic mass is 9.98. The van der Waals surface area contributed by atoms with Crippen molar-refractivity contribution in [1.82, 2.24) is 10.2 Å². The number of rotatable bonds is 6. The van der Waals surface area contributed by atoms with Crippen molar-refractivity contribution in [3.05, 3.63) is 0 Å². The minimum atomic E-state index is 0.342. The standard InChI is InChI=1S/C13H26N2O/c1-10(2)8-15(9-11(3)4)13(16)5-12-6-14-7-12/h10-12,14H,5-9H2,1-4H3. The van der Waals surface area contributed by atoms with Crippen LogP contribution in [0.15, 0.2) is 0 Å². The molecule has 0 radical (unpaired) electrons.